The number of hydrogen-bond donors (Lipinski definition) is 2. The molecule has 1 aromatic carbocycles. The second-order valence-electron chi connectivity index (χ2n) is 4.28. The average molecular weight is 258 g/mol. The van der Waals surface area contributed by atoms with Gasteiger partial charge in [0.2, 0.25) is 0 Å². The lowest BCUT2D eigenvalue weighted by molar-refractivity contribution is 0.0922. The van der Waals surface area contributed by atoms with Crippen LogP contribution in [0.5, 0.6) is 0 Å². The third-order valence-electron chi connectivity index (χ3n) is 2.53. The smallest absolute Gasteiger partial charge is 0.251 e. The van der Waals surface area contributed by atoms with Crippen LogP contribution in [0.2, 0.25) is 0 Å². The van der Waals surface area contributed by atoms with E-state index in [2.05, 4.69) is 11.4 Å². The van der Waals surface area contributed by atoms with Crippen molar-refractivity contribution in [2.24, 2.45) is 0 Å². The summed E-state index contributed by atoms with van der Waals surface area (Å²) in [5.41, 5.74) is 1.48. The van der Waals surface area contributed by atoms with Gasteiger partial charge in [-0.3, -0.25) is 4.79 Å². The van der Waals surface area contributed by atoms with Crippen molar-refractivity contribution in [3.8, 4) is 6.07 Å². The number of nitrogens with one attached hydrogen (secondary N) is 1. The Morgan fingerprint density at radius 1 is 1.58 bits per heavy atom. The van der Waals surface area contributed by atoms with Gasteiger partial charge in [0, 0.05) is 18.0 Å². The van der Waals surface area contributed by atoms with E-state index in [0.717, 1.165) is 5.56 Å². The Morgan fingerprint density at radius 2 is 2.37 bits per heavy atom. The number of nitrogens with zero attached hydrogens (tertiary/aromatic N) is 1. The largest absolute Gasteiger partial charge is 0.394 e. The number of hydrogen-bond acceptors (Lipinski definition) is 3. The first-order valence-electron chi connectivity index (χ1n) is 6.22. The highest BCUT2D eigenvalue weighted by Crippen LogP contribution is 2.08. The third kappa shape index (κ3) is 5.36. The molecule has 0 aliphatic heterocycles. The van der Waals surface area contributed by atoms with E-state index in [0.29, 0.717) is 18.4 Å². The van der Waals surface area contributed by atoms with Crippen LogP contribution in [0.1, 0.15) is 35.7 Å². The molecule has 100 valence electrons. The van der Waals surface area contributed by atoms with Gasteiger partial charge in [-0.25, -0.2) is 0 Å². The van der Waals surface area contributed by atoms with Crippen molar-refractivity contribution in [2.45, 2.75) is 25.8 Å². The molecule has 1 unspecified atom stereocenters. The Balaban J connectivity index is 2.69. The van der Waals surface area contributed by atoms with Crippen LogP contribution in [0.15, 0.2) is 30.3 Å². The third-order valence-corrected chi connectivity index (χ3v) is 2.53. The summed E-state index contributed by atoms with van der Waals surface area (Å²) in [6.07, 6.45) is 5.00. The van der Waals surface area contributed by atoms with Gasteiger partial charge in [-0.1, -0.05) is 24.3 Å². The molecule has 2 N–H and O–H groups in total. The number of aliphatic hydroxyl groups excluding tert-OH is 1. The molecule has 0 aliphatic carbocycles. The Labute approximate surface area is 113 Å². The van der Waals surface area contributed by atoms with E-state index >= 15 is 0 Å². The monoisotopic (exact) mass is 258 g/mol. The lowest BCUT2D eigenvalue weighted by atomic mass is 10.1. The first-order chi connectivity index (χ1) is 9.17. The summed E-state index contributed by atoms with van der Waals surface area (Å²) in [7, 11) is 0. The van der Waals surface area contributed by atoms with Crippen molar-refractivity contribution < 1.29 is 9.90 Å². The van der Waals surface area contributed by atoms with Gasteiger partial charge in [0.1, 0.15) is 0 Å². The Bertz CT molecular complexity index is 489. The quantitative estimate of drug-likeness (QED) is 0.767. The first-order valence-corrected chi connectivity index (χ1v) is 6.22. The van der Waals surface area contributed by atoms with E-state index < -0.39 is 0 Å². The van der Waals surface area contributed by atoms with Crippen LogP contribution in [-0.2, 0) is 0 Å². The van der Waals surface area contributed by atoms with E-state index in [1.165, 1.54) is 0 Å². The van der Waals surface area contributed by atoms with Crippen molar-refractivity contribution in [1.29, 1.82) is 5.26 Å². The highest BCUT2D eigenvalue weighted by molar-refractivity contribution is 5.94. The first kappa shape index (κ1) is 14.9. The zero-order chi connectivity index (χ0) is 14.1. The molecule has 0 spiro atoms. The van der Waals surface area contributed by atoms with Crippen LogP contribution in [0.25, 0.3) is 6.08 Å². The van der Waals surface area contributed by atoms with Crippen molar-refractivity contribution in [3.05, 3.63) is 41.5 Å². The fraction of sp³-hybridized carbons (Fsp3) is 0.333. The van der Waals surface area contributed by atoms with Crippen molar-refractivity contribution in [3.63, 3.8) is 0 Å². The standard InChI is InChI=1S/C15H18N2O2/c1-12(11-18)17-15(19)14-8-5-7-13(10-14)6-3-2-4-9-16/h3,5-8,10,12,18H,2,4,11H2,1H3,(H,17,19)/b6-3-. The second-order valence-corrected chi connectivity index (χ2v) is 4.28. The molecule has 1 aromatic rings. The molecule has 1 rings (SSSR count). The maximum Gasteiger partial charge on any atom is 0.251 e. The van der Waals surface area contributed by atoms with Gasteiger partial charge < -0.3 is 10.4 Å². The topological polar surface area (TPSA) is 73.1 Å². The van der Waals surface area contributed by atoms with Crippen molar-refractivity contribution >= 4 is 12.0 Å². The molecule has 0 aromatic heterocycles. The predicted molar refractivity (Wildman–Crippen MR) is 74.3 cm³/mol. The van der Waals surface area contributed by atoms with E-state index in [9.17, 15) is 4.79 Å². The number of aliphatic hydroxyl groups is 1. The Kier molecular flexibility index (Phi) is 6.34. The van der Waals surface area contributed by atoms with Crippen LogP contribution >= 0.6 is 0 Å². The number of nitriles is 1. The molecule has 1 atom stereocenters. The summed E-state index contributed by atoms with van der Waals surface area (Å²) < 4.78 is 0. The summed E-state index contributed by atoms with van der Waals surface area (Å²) in [6, 6.07) is 9.03. The number of carbonyl (C=O) groups is 1. The zero-order valence-corrected chi connectivity index (χ0v) is 11.0. The lowest BCUT2D eigenvalue weighted by Gasteiger charge is -2.10. The Hall–Kier alpha value is -2.12. The SMILES string of the molecule is CC(CO)NC(=O)c1cccc(/C=C\CCC#N)c1. The number of benzene rings is 1. The summed E-state index contributed by atoms with van der Waals surface area (Å²) in [6.45, 7) is 1.66. The summed E-state index contributed by atoms with van der Waals surface area (Å²) in [4.78, 5) is 11.9. The Morgan fingerprint density at radius 3 is 3.05 bits per heavy atom. The van der Waals surface area contributed by atoms with Crippen LogP contribution in [0.4, 0.5) is 0 Å². The van der Waals surface area contributed by atoms with E-state index in [1.807, 2.05) is 24.3 Å². The van der Waals surface area contributed by atoms with Crippen LogP contribution in [-0.4, -0.2) is 23.7 Å². The fourth-order valence-electron chi connectivity index (χ4n) is 1.50. The molecule has 0 saturated carbocycles. The van der Waals surface area contributed by atoms with Gasteiger partial charge in [-0.15, -0.1) is 0 Å². The summed E-state index contributed by atoms with van der Waals surface area (Å²) >= 11 is 0. The van der Waals surface area contributed by atoms with Crippen LogP contribution in [0.3, 0.4) is 0 Å². The molecule has 1 amide bonds. The average Bonchev–Trinajstić information content (AvgIpc) is 2.43. The second kappa shape index (κ2) is 8.06. The molecule has 0 fully saturated rings. The van der Waals surface area contributed by atoms with Crippen LogP contribution in [0, 0.1) is 11.3 Å². The fourth-order valence-corrected chi connectivity index (χ4v) is 1.50. The zero-order valence-electron chi connectivity index (χ0n) is 11.0. The molecule has 0 aliphatic rings. The normalized spacial score (nSPS) is 12.1. The van der Waals surface area contributed by atoms with Gasteiger partial charge >= 0.3 is 0 Å². The van der Waals surface area contributed by atoms with Gasteiger partial charge in [-0.2, -0.15) is 5.26 Å². The number of unbranched alkanes of at least 4 members (excludes halogenated alkanes) is 1. The minimum Gasteiger partial charge on any atom is -0.394 e. The molecule has 0 heterocycles. The highest BCUT2D eigenvalue weighted by Gasteiger charge is 2.08. The molecular formula is C15H18N2O2. The van der Waals surface area contributed by atoms with Gasteiger partial charge in [0.25, 0.3) is 5.91 Å². The van der Waals surface area contributed by atoms with Gasteiger partial charge in [0.05, 0.1) is 12.7 Å². The summed E-state index contributed by atoms with van der Waals surface area (Å²) in [5, 5.41) is 20.0. The van der Waals surface area contributed by atoms with Crippen molar-refractivity contribution in [1.82, 2.24) is 5.32 Å². The number of rotatable bonds is 6. The van der Waals surface area contributed by atoms with Crippen molar-refractivity contribution in [2.75, 3.05) is 6.61 Å². The molecule has 19 heavy (non-hydrogen) atoms. The molecule has 4 heteroatoms. The van der Waals surface area contributed by atoms with Gasteiger partial charge in [-0.05, 0) is 31.0 Å². The molecular weight excluding hydrogens is 240 g/mol. The highest BCUT2D eigenvalue weighted by atomic mass is 16.3. The molecule has 0 radical (unpaired) electrons. The van der Waals surface area contributed by atoms with E-state index in [-0.39, 0.29) is 18.6 Å². The maximum absolute atomic E-state index is 11.9. The number of amides is 1. The number of carbonyl (C=O) groups excluding carboxylic acids is 1. The molecule has 0 saturated heterocycles. The summed E-state index contributed by atoms with van der Waals surface area (Å²) in [5.74, 6) is -0.200. The minimum atomic E-state index is -0.262. The van der Waals surface area contributed by atoms with Gasteiger partial charge in [0.15, 0.2) is 0 Å². The molecule has 0 bridgehead atoms. The lowest BCUT2D eigenvalue weighted by Crippen LogP contribution is -2.34. The predicted octanol–water partition coefficient (Wildman–Crippen LogP) is 2.11. The minimum absolute atomic E-state index is 0.0838. The van der Waals surface area contributed by atoms with E-state index in [4.69, 9.17) is 10.4 Å². The maximum atomic E-state index is 11.9. The van der Waals surface area contributed by atoms with E-state index in [1.54, 1.807) is 19.1 Å². The molecule has 4 nitrogen and oxygen atoms in total. The number of allylic oxidation sites excluding steroid dienone is 1. The van der Waals surface area contributed by atoms with Crippen LogP contribution < -0.4 is 5.32 Å².